The fourth-order valence-corrected chi connectivity index (χ4v) is 1.86. The second-order valence-corrected chi connectivity index (χ2v) is 4.47. The van der Waals surface area contributed by atoms with Gasteiger partial charge in [0, 0.05) is 0 Å². The van der Waals surface area contributed by atoms with Crippen LogP contribution in [0.2, 0.25) is 0 Å². The molecular formula is C6H10NO3P. The van der Waals surface area contributed by atoms with Crippen LogP contribution in [0.15, 0.2) is 0 Å². The molecule has 0 heterocycles. The molecule has 0 bridgehead atoms. The van der Waals surface area contributed by atoms with Gasteiger partial charge in [-0.2, -0.15) is 5.26 Å². The maximum absolute atomic E-state index is 11.3. The van der Waals surface area contributed by atoms with E-state index in [1.165, 1.54) is 0 Å². The van der Waals surface area contributed by atoms with E-state index in [4.69, 9.17) is 9.79 Å². The topological polar surface area (TPSA) is 67.2 Å². The largest absolute Gasteiger partial charge is 0.328 e. The Bertz CT molecular complexity index is 208. The molecule has 0 amide bonds. The summed E-state index contributed by atoms with van der Waals surface area (Å²) in [5.41, 5.74) is 0. The lowest BCUT2D eigenvalue weighted by Crippen LogP contribution is -1.99. The van der Waals surface area contributed by atoms with Crippen molar-refractivity contribution in [2.75, 3.05) is 18.9 Å². The summed E-state index contributed by atoms with van der Waals surface area (Å²) in [5, 5.41) is 8.24. The van der Waals surface area contributed by atoms with E-state index >= 15 is 0 Å². The van der Waals surface area contributed by atoms with Gasteiger partial charge in [0.25, 0.3) is 0 Å². The molecule has 0 radical (unpaired) electrons. The molecule has 4 nitrogen and oxygen atoms in total. The van der Waals surface area contributed by atoms with Crippen molar-refractivity contribution in [1.29, 1.82) is 5.26 Å². The van der Waals surface area contributed by atoms with Crippen molar-refractivity contribution >= 4 is 13.7 Å². The van der Waals surface area contributed by atoms with Crippen LogP contribution in [0.3, 0.4) is 0 Å². The Hall–Kier alpha value is -0.650. The number of carbonyl (C=O) groups excluding carboxylic acids is 1. The normalized spacial score (nSPS) is 14.9. The first-order valence-electron chi connectivity index (χ1n) is 3.21. The maximum Gasteiger partial charge on any atom is 0.223 e. The SMILES string of the molecule is CCOP(=O)(CC#N)CC=O. The second kappa shape index (κ2) is 5.06. The van der Waals surface area contributed by atoms with Crippen molar-refractivity contribution in [2.24, 2.45) is 0 Å². The number of carbonyl (C=O) groups is 1. The van der Waals surface area contributed by atoms with Crippen LogP contribution >= 0.6 is 7.37 Å². The van der Waals surface area contributed by atoms with Gasteiger partial charge in [-0.3, -0.25) is 4.57 Å². The van der Waals surface area contributed by atoms with Gasteiger partial charge in [0.15, 0.2) is 0 Å². The van der Waals surface area contributed by atoms with E-state index in [0.29, 0.717) is 6.29 Å². The third kappa shape index (κ3) is 3.92. The van der Waals surface area contributed by atoms with Crippen molar-refractivity contribution < 1.29 is 13.9 Å². The van der Waals surface area contributed by atoms with E-state index in [0.717, 1.165) is 0 Å². The number of hydrogen-bond donors (Lipinski definition) is 0. The zero-order valence-corrected chi connectivity index (χ0v) is 7.21. The van der Waals surface area contributed by atoms with E-state index in [1.807, 2.05) is 0 Å². The minimum Gasteiger partial charge on any atom is -0.328 e. The standard InChI is InChI=1S/C6H10NO3P/c1-2-10-11(9,5-3-7)6-4-8/h4H,2,5-6H2,1H3. The van der Waals surface area contributed by atoms with Gasteiger partial charge in [0.05, 0.1) is 18.8 Å². The van der Waals surface area contributed by atoms with E-state index in [1.54, 1.807) is 13.0 Å². The smallest absolute Gasteiger partial charge is 0.223 e. The summed E-state index contributed by atoms with van der Waals surface area (Å²) >= 11 is 0. The van der Waals surface area contributed by atoms with Crippen molar-refractivity contribution in [3.05, 3.63) is 0 Å². The van der Waals surface area contributed by atoms with Crippen LogP contribution < -0.4 is 0 Å². The molecule has 0 fully saturated rings. The van der Waals surface area contributed by atoms with Crippen molar-refractivity contribution in [2.45, 2.75) is 6.92 Å². The molecule has 0 N–H and O–H groups in total. The van der Waals surface area contributed by atoms with Crippen LogP contribution in [0, 0.1) is 11.3 Å². The average molecular weight is 175 g/mol. The van der Waals surface area contributed by atoms with Crippen molar-refractivity contribution in [3.8, 4) is 6.07 Å². The van der Waals surface area contributed by atoms with Crippen LogP contribution in [-0.4, -0.2) is 25.2 Å². The quantitative estimate of drug-likeness (QED) is 0.462. The Kier molecular flexibility index (Phi) is 4.76. The van der Waals surface area contributed by atoms with Crippen LogP contribution in [0.4, 0.5) is 0 Å². The lowest BCUT2D eigenvalue weighted by atomic mass is 10.9. The molecular weight excluding hydrogens is 165 g/mol. The number of hydrogen-bond acceptors (Lipinski definition) is 4. The maximum atomic E-state index is 11.3. The van der Waals surface area contributed by atoms with E-state index in [2.05, 4.69) is 0 Å². The number of rotatable bonds is 5. The molecule has 5 heteroatoms. The first-order chi connectivity index (χ1) is 5.18. The summed E-state index contributed by atoms with van der Waals surface area (Å²) in [5.74, 6) is 0. The third-order valence-corrected chi connectivity index (χ3v) is 3.09. The summed E-state index contributed by atoms with van der Waals surface area (Å²) in [4.78, 5) is 10.0. The van der Waals surface area contributed by atoms with Crippen LogP contribution in [0.1, 0.15) is 6.92 Å². The Labute approximate surface area is 65.6 Å². The Morgan fingerprint density at radius 2 is 2.36 bits per heavy atom. The minimum atomic E-state index is -2.95. The van der Waals surface area contributed by atoms with Gasteiger partial charge >= 0.3 is 0 Å². The summed E-state index contributed by atoms with van der Waals surface area (Å²) in [6.45, 7) is 1.95. The van der Waals surface area contributed by atoms with Crippen LogP contribution in [0.25, 0.3) is 0 Å². The van der Waals surface area contributed by atoms with Gasteiger partial charge in [-0.05, 0) is 6.92 Å². The van der Waals surface area contributed by atoms with Gasteiger partial charge in [-0.1, -0.05) is 0 Å². The predicted octanol–water partition coefficient (Wildman–Crippen LogP) is 1.02. The van der Waals surface area contributed by atoms with Crippen LogP contribution in [0.5, 0.6) is 0 Å². The molecule has 0 aromatic rings. The number of aldehydes is 1. The van der Waals surface area contributed by atoms with E-state index in [9.17, 15) is 9.36 Å². The molecule has 62 valence electrons. The highest BCUT2D eigenvalue weighted by atomic mass is 31.2. The van der Waals surface area contributed by atoms with Gasteiger partial charge in [-0.25, -0.2) is 0 Å². The Morgan fingerprint density at radius 1 is 1.73 bits per heavy atom. The van der Waals surface area contributed by atoms with Gasteiger partial charge < -0.3 is 9.32 Å². The zero-order valence-electron chi connectivity index (χ0n) is 6.32. The molecule has 0 aromatic heterocycles. The van der Waals surface area contributed by atoms with E-state index < -0.39 is 7.37 Å². The first kappa shape index (κ1) is 10.3. The van der Waals surface area contributed by atoms with Gasteiger partial charge in [0.1, 0.15) is 12.4 Å². The van der Waals surface area contributed by atoms with Crippen LogP contribution in [-0.2, 0) is 13.9 Å². The monoisotopic (exact) mass is 175 g/mol. The van der Waals surface area contributed by atoms with Gasteiger partial charge in [0.2, 0.25) is 7.37 Å². The highest BCUT2D eigenvalue weighted by Gasteiger charge is 2.21. The number of nitriles is 1. The molecule has 0 saturated heterocycles. The van der Waals surface area contributed by atoms with E-state index in [-0.39, 0.29) is 18.9 Å². The molecule has 0 aliphatic carbocycles. The Balaban J connectivity index is 4.15. The fourth-order valence-electron chi connectivity index (χ4n) is 0.619. The molecule has 11 heavy (non-hydrogen) atoms. The van der Waals surface area contributed by atoms with Crippen molar-refractivity contribution in [3.63, 3.8) is 0 Å². The molecule has 0 aromatic carbocycles. The summed E-state index contributed by atoms with van der Waals surface area (Å²) in [6, 6.07) is 1.73. The lowest BCUT2D eigenvalue weighted by molar-refractivity contribution is -0.105. The Morgan fingerprint density at radius 3 is 2.73 bits per heavy atom. The summed E-state index contributed by atoms with van der Waals surface area (Å²) in [7, 11) is -2.95. The first-order valence-corrected chi connectivity index (χ1v) is 5.21. The lowest BCUT2D eigenvalue weighted by Gasteiger charge is -2.10. The van der Waals surface area contributed by atoms with Gasteiger partial charge in [-0.15, -0.1) is 0 Å². The molecule has 0 spiro atoms. The second-order valence-electron chi connectivity index (χ2n) is 1.90. The molecule has 1 atom stereocenters. The summed E-state index contributed by atoms with van der Waals surface area (Å²) in [6.07, 6.45) is 0.182. The molecule has 0 saturated carbocycles. The summed E-state index contributed by atoms with van der Waals surface area (Å²) < 4.78 is 16.1. The molecule has 0 aliphatic rings. The average Bonchev–Trinajstić information content (AvgIpc) is 1.88. The predicted molar refractivity (Wildman–Crippen MR) is 40.6 cm³/mol. The molecule has 0 aliphatic heterocycles. The highest BCUT2D eigenvalue weighted by molar-refractivity contribution is 7.60. The fraction of sp³-hybridized carbons (Fsp3) is 0.667. The number of nitrogens with zero attached hydrogens (tertiary/aromatic N) is 1. The molecule has 0 rings (SSSR count). The van der Waals surface area contributed by atoms with Crippen molar-refractivity contribution in [1.82, 2.24) is 0 Å². The highest BCUT2D eigenvalue weighted by Crippen LogP contribution is 2.44. The molecule has 1 unspecified atom stereocenters. The zero-order chi connectivity index (χ0) is 8.74. The minimum absolute atomic E-state index is 0.158. The third-order valence-electron chi connectivity index (χ3n) is 1.03.